The normalized spacial score (nSPS) is 20.3. The van der Waals surface area contributed by atoms with Crippen molar-refractivity contribution in [1.29, 1.82) is 0 Å². The molecule has 1 saturated heterocycles. The van der Waals surface area contributed by atoms with Crippen molar-refractivity contribution in [3.8, 4) is 0 Å². The lowest BCUT2D eigenvalue weighted by Crippen LogP contribution is -2.67. The fraction of sp³-hybridized carbons (Fsp3) is 0.413. The van der Waals surface area contributed by atoms with Crippen molar-refractivity contribution < 1.29 is 52.5 Å². The van der Waals surface area contributed by atoms with Gasteiger partial charge in [-0.25, -0.2) is 0 Å². The van der Waals surface area contributed by atoms with E-state index in [1.807, 2.05) is 121 Å². The van der Waals surface area contributed by atoms with Gasteiger partial charge in [0, 0.05) is 13.3 Å². The van der Waals surface area contributed by atoms with Crippen molar-refractivity contribution in [2.45, 2.75) is 82.3 Å². The number of carbonyl (C=O) groups is 1. The summed E-state index contributed by atoms with van der Waals surface area (Å²) in [5.41, 5.74) is 2.77. The molecular formula is C46H57NO11. The molecule has 58 heavy (non-hydrogen) atoms. The van der Waals surface area contributed by atoms with Gasteiger partial charge >= 0.3 is 0 Å². The maximum atomic E-state index is 12.9. The molecule has 1 amide bonds. The molecule has 1 heterocycles. The van der Waals surface area contributed by atoms with Gasteiger partial charge in [-0.2, -0.15) is 0 Å². The quantitative estimate of drug-likeness (QED) is 0.0392. The van der Waals surface area contributed by atoms with Gasteiger partial charge in [0.25, 0.3) is 0 Å². The van der Waals surface area contributed by atoms with Gasteiger partial charge < -0.3 is 53.1 Å². The molecule has 6 atom stereocenters. The average molecular weight is 800 g/mol. The van der Waals surface area contributed by atoms with Crippen molar-refractivity contribution in [2.24, 2.45) is 0 Å². The molecule has 4 aromatic rings. The van der Waals surface area contributed by atoms with Crippen LogP contribution in [0.3, 0.4) is 0 Å². The number of aliphatic hydroxyl groups excluding tert-OH is 1. The van der Waals surface area contributed by atoms with Crippen molar-refractivity contribution in [3.63, 3.8) is 0 Å². The van der Waals surface area contributed by atoms with Gasteiger partial charge in [-0.05, 0) is 28.7 Å². The average Bonchev–Trinajstić information content (AvgIpc) is 3.25. The molecule has 0 spiro atoms. The zero-order valence-corrected chi connectivity index (χ0v) is 33.2. The molecule has 0 unspecified atom stereocenters. The summed E-state index contributed by atoms with van der Waals surface area (Å²) in [6.45, 7) is 5.84. The number of hydrogen-bond acceptors (Lipinski definition) is 11. The third-order valence-electron chi connectivity index (χ3n) is 9.55. The second-order valence-corrected chi connectivity index (χ2v) is 14.1. The van der Waals surface area contributed by atoms with Gasteiger partial charge in [-0.1, -0.05) is 127 Å². The highest BCUT2D eigenvalue weighted by atomic mass is 16.7. The second-order valence-electron chi connectivity index (χ2n) is 14.1. The summed E-state index contributed by atoms with van der Waals surface area (Å²) < 4.78 is 56.1. The summed E-state index contributed by atoms with van der Waals surface area (Å²) in [5, 5.41) is 14.0. The van der Waals surface area contributed by atoms with E-state index in [0.717, 1.165) is 22.3 Å². The molecule has 0 radical (unpaired) electrons. The minimum Gasteiger partial charge on any atom is -0.393 e. The van der Waals surface area contributed by atoms with Crippen molar-refractivity contribution in [2.75, 3.05) is 40.4 Å². The SMILES string of the molecule is C=CC[C@@]1(CO)C[C@H](OCOCc2ccccc2)[C@@H](NC(C)=O)[C@H]([C@H](OCOCc2ccccc2)[C@@H](COCOCc2ccccc2)OCOCc2ccccc2)O1. The van der Waals surface area contributed by atoms with Crippen molar-refractivity contribution in [1.82, 2.24) is 5.32 Å². The molecule has 1 fully saturated rings. The van der Waals surface area contributed by atoms with E-state index in [-0.39, 0.29) is 65.7 Å². The van der Waals surface area contributed by atoms with Gasteiger partial charge in [0.2, 0.25) is 5.91 Å². The first-order chi connectivity index (χ1) is 28.5. The molecule has 5 rings (SSSR count). The number of nitrogens with one attached hydrogen (secondary N) is 1. The molecule has 4 aromatic carbocycles. The first-order valence-corrected chi connectivity index (χ1v) is 19.5. The lowest BCUT2D eigenvalue weighted by atomic mass is 9.82. The van der Waals surface area contributed by atoms with E-state index in [1.54, 1.807) is 6.08 Å². The number of aliphatic hydroxyl groups is 1. The number of carbonyl (C=O) groups excluding carboxylic acids is 1. The number of amides is 1. The molecule has 1 aliphatic rings. The van der Waals surface area contributed by atoms with Gasteiger partial charge in [-0.3, -0.25) is 4.79 Å². The smallest absolute Gasteiger partial charge is 0.217 e. The minimum atomic E-state index is -1.15. The lowest BCUT2D eigenvalue weighted by Gasteiger charge is -2.50. The molecule has 12 heteroatoms. The topological polar surface area (TPSA) is 132 Å². The molecule has 0 aromatic heterocycles. The van der Waals surface area contributed by atoms with E-state index in [4.69, 9.17) is 42.6 Å². The van der Waals surface area contributed by atoms with Crippen LogP contribution >= 0.6 is 0 Å². The van der Waals surface area contributed by atoms with Crippen LogP contribution in [0.15, 0.2) is 134 Å². The number of ether oxygens (including phenoxy) is 9. The molecule has 312 valence electrons. The number of hydrogen-bond donors (Lipinski definition) is 2. The Kier molecular flexibility index (Phi) is 19.5. The van der Waals surface area contributed by atoms with Gasteiger partial charge in [0.15, 0.2) is 0 Å². The maximum Gasteiger partial charge on any atom is 0.217 e. The zero-order chi connectivity index (χ0) is 40.7. The van der Waals surface area contributed by atoms with E-state index in [2.05, 4.69) is 11.9 Å². The fourth-order valence-electron chi connectivity index (χ4n) is 6.73. The number of rotatable bonds is 27. The Bertz CT molecular complexity index is 1700. The summed E-state index contributed by atoms with van der Waals surface area (Å²) in [4.78, 5) is 12.9. The first kappa shape index (κ1) is 44.8. The Labute approximate surface area is 341 Å². The van der Waals surface area contributed by atoms with Crippen LogP contribution in [0.4, 0.5) is 0 Å². The minimum absolute atomic E-state index is 0.0151. The Hall–Kier alpha value is -4.31. The molecule has 0 bridgehead atoms. The number of benzene rings is 4. The third kappa shape index (κ3) is 15.1. The fourth-order valence-corrected chi connectivity index (χ4v) is 6.73. The van der Waals surface area contributed by atoms with E-state index in [1.165, 1.54) is 6.92 Å². The van der Waals surface area contributed by atoms with Crippen LogP contribution in [0, 0.1) is 0 Å². The van der Waals surface area contributed by atoms with Crippen LogP contribution in [0.25, 0.3) is 0 Å². The Morgan fingerprint density at radius 2 is 1.19 bits per heavy atom. The highest BCUT2D eigenvalue weighted by molar-refractivity contribution is 5.73. The molecule has 1 aliphatic heterocycles. The Morgan fingerprint density at radius 3 is 1.66 bits per heavy atom. The van der Waals surface area contributed by atoms with Crippen molar-refractivity contribution in [3.05, 3.63) is 156 Å². The van der Waals surface area contributed by atoms with Crippen LogP contribution in [-0.4, -0.2) is 87.5 Å². The molecule has 2 N–H and O–H groups in total. The van der Waals surface area contributed by atoms with Gasteiger partial charge in [-0.15, -0.1) is 6.58 Å². The van der Waals surface area contributed by atoms with E-state index >= 15 is 0 Å². The largest absolute Gasteiger partial charge is 0.393 e. The van der Waals surface area contributed by atoms with Gasteiger partial charge in [0.05, 0.1) is 57.4 Å². The Morgan fingerprint density at radius 1 is 0.724 bits per heavy atom. The standard InChI is InChI=1S/C46H57NO11/c1-3-24-46(31-48)25-41(55-33-51-27-38-18-10-5-11-19-38)43(47-36(2)49)45(58-46)44(57-35-53-29-40-22-14-7-15-23-40)42(56-34-52-28-39-20-12-6-13-21-39)30-54-32-50-26-37-16-8-4-9-17-37/h3-23,41-45,48H,1,24-35H2,2H3,(H,47,49)/t41-,42+,43+,44+,45+,46-/m0/s1. The summed E-state index contributed by atoms with van der Waals surface area (Å²) in [6, 6.07) is 38.2. The molecule has 0 saturated carbocycles. The van der Waals surface area contributed by atoms with Crippen LogP contribution in [0.1, 0.15) is 42.0 Å². The second kappa shape index (κ2) is 25.2. The maximum absolute atomic E-state index is 12.9. The molecule has 0 aliphatic carbocycles. The zero-order valence-electron chi connectivity index (χ0n) is 33.2. The lowest BCUT2D eigenvalue weighted by molar-refractivity contribution is -0.276. The van der Waals surface area contributed by atoms with E-state index < -0.39 is 36.1 Å². The van der Waals surface area contributed by atoms with Gasteiger partial charge in [0.1, 0.15) is 45.5 Å². The summed E-state index contributed by atoms with van der Waals surface area (Å²) in [7, 11) is 0. The summed E-state index contributed by atoms with van der Waals surface area (Å²) in [5.74, 6) is -0.314. The predicted molar refractivity (Wildman–Crippen MR) is 217 cm³/mol. The third-order valence-corrected chi connectivity index (χ3v) is 9.55. The van der Waals surface area contributed by atoms with Crippen molar-refractivity contribution >= 4 is 5.91 Å². The highest BCUT2D eigenvalue weighted by Gasteiger charge is 2.52. The predicted octanol–water partition coefficient (Wildman–Crippen LogP) is 6.46. The summed E-state index contributed by atoms with van der Waals surface area (Å²) in [6.07, 6.45) is -1.28. The first-order valence-electron chi connectivity index (χ1n) is 19.5. The van der Waals surface area contributed by atoms with Crippen LogP contribution in [0.5, 0.6) is 0 Å². The molecule has 12 nitrogen and oxygen atoms in total. The van der Waals surface area contributed by atoms with E-state index in [0.29, 0.717) is 19.8 Å². The molecular weight excluding hydrogens is 743 g/mol. The van der Waals surface area contributed by atoms with E-state index in [9.17, 15) is 9.90 Å². The van der Waals surface area contributed by atoms with Crippen LogP contribution in [0.2, 0.25) is 0 Å². The summed E-state index contributed by atoms with van der Waals surface area (Å²) >= 11 is 0. The van der Waals surface area contributed by atoms with Crippen LogP contribution in [-0.2, 0) is 73.9 Å². The highest BCUT2D eigenvalue weighted by Crippen LogP contribution is 2.37. The monoisotopic (exact) mass is 799 g/mol. The Balaban J connectivity index is 1.40. The van der Waals surface area contributed by atoms with Crippen LogP contribution < -0.4 is 5.32 Å².